The molecular formula is C12H10N2O2. The maximum atomic E-state index is 11.7. The normalized spacial score (nSPS) is 13.2. The molecule has 0 unspecified atom stereocenters. The molecule has 0 aliphatic carbocycles. The Kier molecular flexibility index (Phi) is 1.99. The lowest BCUT2D eigenvalue weighted by molar-refractivity contribution is 0.358. The van der Waals surface area contributed by atoms with Gasteiger partial charge in [0.2, 0.25) is 0 Å². The fourth-order valence-corrected chi connectivity index (χ4v) is 1.96. The second-order valence-electron chi connectivity index (χ2n) is 3.69. The van der Waals surface area contributed by atoms with Gasteiger partial charge in [0.1, 0.15) is 5.75 Å². The number of fused-ring (bicyclic) bond motifs is 1. The molecule has 0 atom stereocenters. The van der Waals surface area contributed by atoms with Crippen molar-refractivity contribution >= 4 is 0 Å². The summed E-state index contributed by atoms with van der Waals surface area (Å²) in [7, 11) is 0. The van der Waals surface area contributed by atoms with Gasteiger partial charge in [-0.25, -0.2) is 4.98 Å². The molecule has 0 saturated carbocycles. The highest BCUT2D eigenvalue weighted by molar-refractivity contribution is 5.71. The van der Waals surface area contributed by atoms with Gasteiger partial charge in [-0.1, -0.05) is 18.2 Å². The Morgan fingerprint density at radius 1 is 1.31 bits per heavy atom. The predicted molar refractivity (Wildman–Crippen MR) is 59.5 cm³/mol. The third-order valence-electron chi connectivity index (χ3n) is 2.72. The van der Waals surface area contributed by atoms with Crippen molar-refractivity contribution in [2.45, 2.75) is 6.42 Å². The van der Waals surface area contributed by atoms with Crippen LogP contribution >= 0.6 is 0 Å². The number of aromatic amines is 1. The zero-order valence-corrected chi connectivity index (χ0v) is 8.56. The van der Waals surface area contributed by atoms with E-state index in [1.165, 1.54) is 6.33 Å². The molecule has 3 rings (SSSR count). The Labute approximate surface area is 91.9 Å². The van der Waals surface area contributed by atoms with Gasteiger partial charge in [-0.05, 0) is 5.56 Å². The first-order valence-electron chi connectivity index (χ1n) is 5.14. The SMILES string of the molecule is O=c1[nH]cncc1-c1cccc2c1OCC2. The van der Waals surface area contributed by atoms with E-state index in [4.69, 9.17) is 4.74 Å². The summed E-state index contributed by atoms with van der Waals surface area (Å²) < 4.78 is 5.56. The quantitative estimate of drug-likeness (QED) is 0.780. The number of aromatic nitrogens is 2. The van der Waals surface area contributed by atoms with Gasteiger partial charge < -0.3 is 9.72 Å². The Morgan fingerprint density at radius 3 is 3.12 bits per heavy atom. The van der Waals surface area contributed by atoms with E-state index in [2.05, 4.69) is 9.97 Å². The largest absolute Gasteiger partial charge is 0.492 e. The Bertz CT molecular complexity index is 590. The molecule has 2 aromatic rings. The maximum absolute atomic E-state index is 11.7. The maximum Gasteiger partial charge on any atom is 0.258 e. The van der Waals surface area contributed by atoms with E-state index in [0.717, 1.165) is 23.3 Å². The van der Waals surface area contributed by atoms with E-state index >= 15 is 0 Å². The molecule has 1 aliphatic heterocycles. The van der Waals surface area contributed by atoms with Gasteiger partial charge in [-0.2, -0.15) is 0 Å². The molecule has 1 N–H and O–H groups in total. The molecule has 16 heavy (non-hydrogen) atoms. The van der Waals surface area contributed by atoms with Crippen molar-refractivity contribution in [3.8, 4) is 16.9 Å². The molecule has 1 aromatic heterocycles. The van der Waals surface area contributed by atoms with E-state index in [1.807, 2.05) is 18.2 Å². The van der Waals surface area contributed by atoms with E-state index in [0.29, 0.717) is 12.2 Å². The lowest BCUT2D eigenvalue weighted by Crippen LogP contribution is -2.08. The number of H-pyrrole nitrogens is 1. The summed E-state index contributed by atoms with van der Waals surface area (Å²) in [5, 5.41) is 0. The minimum atomic E-state index is -0.140. The molecule has 4 nitrogen and oxygen atoms in total. The molecule has 80 valence electrons. The van der Waals surface area contributed by atoms with Crippen molar-refractivity contribution in [3.05, 3.63) is 46.6 Å². The van der Waals surface area contributed by atoms with Crippen LogP contribution in [0.25, 0.3) is 11.1 Å². The van der Waals surface area contributed by atoms with E-state index in [-0.39, 0.29) is 5.56 Å². The highest BCUT2D eigenvalue weighted by Crippen LogP contribution is 2.34. The Balaban J connectivity index is 2.25. The molecular weight excluding hydrogens is 204 g/mol. The van der Waals surface area contributed by atoms with Gasteiger partial charge in [0, 0.05) is 18.2 Å². The molecule has 2 heterocycles. The summed E-state index contributed by atoms with van der Waals surface area (Å²) in [5.41, 5.74) is 2.39. The predicted octanol–water partition coefficient (Wildman–Crippen LogP) is 1.37. The number of rotatable bonds is 1. The topological polar surface area (TPSA) is 55.0 Å². The first-order valence-corrected chi connectivity index (χ1v) is 5.14. The summed E-state index contributed by atoms with van der Waals surface area (Å²) in [6, 6.07) is 5.85. The summed E-state index contributed by atoms with van der Waals surface area (Å²) in [4.78, 5) is 18.2. The molecule has 0 bridgehead atoms. The van der Waals surface area contributed by atoms with Crippen LogP contribution in [0, 0.1) is 0 Å². The highest BCUT2D eigenvalue weighted by atomic mass is 16.5. The van der Waals surface area contributed by atoms with Crippen molar-refractivity contribution in [1.29, 1.82) is 0 Å². The molecule has 4 heteroatoms. The monoisotopic (exact) mass is 214 g/mol. The van der Waals surface area contributed by atoms with Gasteiger partial charge >= 0.3 is 0 Å². The van der Waals surface area contributed by atoms with Crippen LogP contribution in [0.3, 0.4) is 0 Å². The summed E-state index contributed by atoms with van der Waals surface area (Å²) in [6.45, 7) is 0.685. The van der Waals surface area contributed by atoms with Crippen molar-refractivity contribution in [2.24, 2.45) is 0 Å². The van der Waals surface area contributed by atoms with Crippen LogP contribution in [-0.4, -0.2) is 16.6 Å². The average molecular weight is 214 g/mol. The molecule has 1 aliphatic rings. The fraction of sp³-hybridized carbons (Fsp3) is 0.167. The van der Waals surface area contributed by atoms with Crippen LogP contribution in [0.1, 0.15) is 5.56 Å². The number of nitrogens with zero attached hydrogens (tertiary/aromatic N) is 1. The van der Waals surface area contributed by atoms with Crippen molar-refractivity contribution in [3.63, 3.8) is 0 Å². The number of para-hydroxylation sites is 1. The van der Waals surface area contributed by atoms with Gasteiger partial charge in [0.15, 0.2) is 0 Å². The second-order valence-corrected chi connectivity index (χ2v) is 3.69. The minimum absolute atomic E-state index is 0.140. The van der Waals surface area contributed by atoms with E-state index in [9.17, 15) is 4.79 Å². The number of hydrogen-bond acceptors (Lipinski definition) is 3. The van der Waals surface area contributed by atoms with Crippen LogP contribution in [-0.2, 0) is 6.42 Å². The number of ether oxygens (including phenoxy) is 1. The lowest BCUT2D eigenvalue weighted by atomic mass is 10.0. The van der Waals surface area contributed by atoms with Crippen LogP contribution in [0.2, 0.25) is 0 Å². The van der Waals surface area contributed by atoms with Gasteiger partial charge in [0.05, 0.1) is 18.5 Å². The zero-order chi connectivity index (χ0) is 11.0. The Hall–Kier alpha value is -2.10. The fourth-order valence-electron chi connectivity index (χ4n) is 1.96. The van der Waals surface area contributed by atoms with Gasteiger partial charge in [0.25, 0.3) is 5.56 Å². The Morgan fingerprint density at radius 2 is 2.25 bits per heavy atom. The molecule has 0 fully saturated rings. The second kappa shape index (κ2) is 3.48. The first-order chi connectivity index (χ1) is 7.86. The standard InChI is InChI=1S/C12H10N2O2/c15-12-10(6-13-7-14-12)9-3-1-2-8-4-5-16-11(8)9/h1-3,6-7H,4-5H2,(H,13,14,15). The van der Waals surface area contributed by atoms with E-state index < -0.39 is 0 Å². The molecule has 0 amide bonds. The smallest absolute Gasteiger partial charge is 0.258 e. The third kappa shape index (κ3) is 1.31. The molecule has 1 aromatic carbocycles. The van der Waals surface area contributed by atoms with Crippen molar-refractivity contribution in [2.75, 3.05) is 6.61 Å². The van der Waals surface area contributed by atoms with Crippen LogP contribution in [0.5, 0.6) is 5.75 Å². The van der Waals surface area contributed by atoms with Crippen molar-refractivity contribution in [1.82, 2.24) is 9.97 Å². The van der Waals surface area contributed by atoms with Crippen LogP contribution < -0.4 is 10.3 Å². The van der Waals surface area contributed by atoms with Crippen molar-refractivity contribution < 1.29 is 4.74 Å². The average Bonchev–Trinajstić information content (AvgIpc) is 2.77. The first kappa shape index (κ1) is 9.15. The summed E-state index contributed by atoms with van der Waals surface area (Å²) in [5.74, 6) is 0.820. The third-order valence-corrected chi connectivity index (χ3v) is 2.72. The molecule has 0 saturated heterocycles. The number of benzene rings is 1. The summed E-state index contributed by atoms with van der Waals surface area (Å²) in [6.07, 6.45) is 3.85. The number of hydrogen-bond donors (Lipinski definition) is 1. The van der Waals surface area contributed by atoms with Gasteiger partial charge in [-0.15, -0.1) is 0 Å². The molecule has 0 radical (unpaired) electrons. The van der Waals surface area contributed by atoms with Crippen LogP contribution in [0.15, 0.2) is 35.5 Å². The summed E-state index contributed by atoms with van der Waals surface area (Å²) >= 11 is 0. The van der Waals surface area contributed by atoms with Crippen LogP contribution in [0.4, 0.5) is 0 Å². The van der Waals surface area contributed by atoms with Gasteiger partial charge in [-0.3, -0.25) is 4.79 Å². The minimum Gasteiger partial charge on any atom is -0.492 e. The molecule has 0 spiro atoms. The number of nitrogens with one attached hydrogen (secondary N) is 1. The van der Waals surface area contributed by atoms with E-state index in [1.54, 1.807) is 6.20 Å². The zero-order valence-electron chi connectivity index (χ0n) is 8.56. The highest BCUT2D eigenvalue weighted by Gasteiger charge is 2.18. The lowest BCUT2D eigenvalue weighted by Gasteiger charge is -2.06.